The first-order valence-electron chi connectivity index (χ1n) is 8.24. The number of nitrogens with one attached hydrogen (secondary N) is 1. The molecule has 122 valence electrons. The second-order valence-electron chi connectivity index (χ2n) is 6.74. The summed E-state index contributed by atoms with van der Waals surface area (Å²) < 4.78 is 7.64. The highest BCUT2D eigenvalue weighted by molar-refractivity contribution is 5.91. The van der Waals surface area contributed by atoms with Gasteiger partial charge in [0, 0.05) is 19.2 Å². The molecule has 1 aromatic heterocycles. The highest BCUT2D eigenvalue weighted by Crippen LogP contribution is 2.40. The lowest BCUT2D eigenvalue weighted by molar-refractivity contribution is -0.121. The molecule has 1 saturated carbocycles. The molecule has 0 bridgehead atoms. The molecule has 0 spiro atoms. The lowest BCUT2D eigenvalue weighted by atomic mass is 10.2. The third kappa shape index (κ3) is 3.67. The quantitative estimate of drug-likeness (QED) is 0.902. The number of rotatable bonds is 5. The molecule has 2 fully saturated rings. The maximum atomic E-state index is 12.3. The number of aromatic nitrogens is 2. The maximum Gasteiger partial charge on any atom is 0.239 e. The van der Waals surface area contributed by atoms with Crippen LogP contribution in [0.1, 0.15) is 39.7 Å². The molecule has 1 N–H and O–H groups in total. The van der Waals surface area contributed by atoms with Crippen molar-refractivity contribution >= 4 is 11.7 Å². The molecule has 0 aromatic carbocycles. The van der Waals surface area contributed by atoms with Crippen LogP contribution in [0.5, 0.6) is 0 Å². The van der Waals surface area contributed by atoms with Crippen molar-refractivity contribution in [3.8, 4) is 0 Å². The minimum Gasteiger partial charge on any atom is -0.373 e. The Morgan fingerprint density at radius 1 is 1.41 bits per heavy atom. The number of ether oxygens (including phenoxy) is 1. The minimum absolute atomic E-state index is 0.0195. The van der Waals surface area contributed by atoms with Crippen LogP contribution in [0.2, 0.25) is 0 Å². The molecular weight excluding hydrogens is 280 g/mol. The van der Waals surface area contributed by atoms with Crippen LogP contribution in [0.3, 0.4) is 0 Å². The van der Waals surface area contributed by atoms with E-state index in [0.717, 1.165) is 18.9 Å². The van der Waals surface area contributed by atoms with E-state index in [1.54, 1.807) is 6.20 Å². The van der Waals surface area contributed by atoms with Gasteiger partial charge in [-0.15, -0.1) is 0 Å². The van der Waals surface area contributed by atoms with Gasteiger partial charge in [-0.05, 0) is 39.5 Å². The molecule has 6 nitrogen and oxygen atoms in total. The lowest BCUT2D eigenvalue weighted by Gasteiger charge is -2.34. The van der Waals surface area contributed by atoms with E-state index in [1.807, 2.05) is 24.6 Å². The van der Waals surface area contributed by atoms with Crippen molar-refractivity contribution in [2.45, 2.75) is 51.9 Å². The Kier molecular flexibility index (Phi) is 4.49. The maximum absolute atomic E-state index is 12.3. The Labute approximate surface area is 131 Å². The van der Waals surface area contributed by atoms with Gasteiger partial charge in [0.1, 0.15) is 5.82 Å². The topological polar surface area (TPSA) is 59.4 Å². The first kappa shape index (κ1) is 15.5. The lowest BCUT2D eigenvalue weighted by Crippen LogP contribution is -2.48. The summed E-state index contributed by atoms with van der Waals surface area (Å²) in [5.41, 5.74) is 0. The van der Waals surface area contributed by atoms with E-state index in [9.17, 15) is 4.79 Å². The molecule has 2 heterocycles. The Balaban J connectivity index is 1.56. The van der Waals surface area contributed by atoms with Gasteiger partial charge in [0.2, 0.25) is 5.91 Å². The van der Waals surface area contributed by atoms with Gasteiger partial charge in [0.25, 0.3) is 0 Å². The third-order valence-corrected chi connectivity index (χ3v) is 4.49. The summed E-state index contributed by atoms with van der Waals surface area (Å²) in [7, 11) is 0. The number of hydrogen-bond donors (Lipinski definition) is 1. The summed E-state index contributed by atoms with van der Waals surface area (Å²) in [5.74, 6) is 1.53. The van der Waals surface area contributed by atoms with E-state index in [2.05, 4.69) is 22.2 Å². The van der Waals surface area contributed by atoms with Crippen molar-refractivity contribution in [3.05, 3.63) is 12.3 Å². The van der Waals surface area contributed by atoms with E-state index in [4.69, 9.17) is 4.74 Å². The number of carbonyl (C=O) groups is 1. The standard InChI is InChI=1S/C16H26N4O2/c1-11-8-19(9-12(2)22-11)10-16(21)18-15-6-7-17-20(15)13(3)14-4-5-14/h6-7,11-14H,4-5,8-10H2,1-3H3,(H,18,21). The van der Waals surface area contributed by atoms with Crippen LogP contribution in [0.4, 0.5) is 5.82 Å². The van der Waals surface area contributed by atoms with E-state index < -0.39 is 0 Å². The molecule has 1 aliphatic heterocycles. The first-order valence-corrected chi connectivity index (χ1v) is 8.24. The van der Waals surface area contributed by atoms with Gasteiger partial charge >= 0.3 is 0 Å². The van der Waals surface area contributed by atoms with E-state index in [1.165, 1.54) is 12.8 Å². The number of nitrogens with zero attached hydrogens (tertiary/aromatic N) is 3. The molecule has 22 heavy (non-hydrogen) atoms. The summed E-state index contributed by atoms with van der Waals surface area (Å²) >= 11 is 0. The Morgan fingerprint density at radius 3 is 2.73 bits per heavy atom. The fraction of sp³-hybridized carbons (Fsp3) is 0.750. The Morgan fingerprint density at radius 2 is 2.09 bits per heavy atom. The Hall–Kier alpha value is -1.40. The van der Waals surface area contributed by atoms with Crippen molar-refractivity contribution in [2.75, 3.05) is 25.0 Å². The van der Waals surface area contributed by atoms with Crippen LogP contribution >= 0.6 is 0 Å². The molecule has 0 radical (unpaired) electrons. The fourth-order valence-corrected chi connectivity index (χ4v) is 3.32. The molecule has 6 heteroatoms. The monoisotopic (exact) mass is 306 g/mol. The van der Waals surface area contributed by atoms with Gasteiger partial charge in [0.15, 0.2) is 0 Å². The molecule has 1 amide bonds. The van der Waals surface area contributed by atoms with Crippen molar-refractivity contribution in [2.24, 2.45) is 5.92 Å². The molecular formula is C16H26N4O2. The van der Waals surface area contributed by atoms with Crippen molar-refractivity contribution in [3.63, 3.8) is 0 Å². The first-order chi connectivity index (χ1) is 10.5. The third-order valence-electron chi connectivity index (χ3n) is 4.49. The molecule has 1 aliphatic carbocycles. The van der Waals surface area contributed by atoms with Gasteiger partial charge in [-0.3, -0.25) is 9.69 Å². The normalized spacial score (nSPS) is 27.6. The second kappa shape index (κ2) is 6.38. The van der Waals surface area contributed by atoms with Gasteiger partial charge in [-0.1, -0.05) is 0 Å². The van der Waals surface area contributed by atoms with Crippen LogP contribution < -0.4 is 5.32 Å². The molecule has 3 rings (SSSR count). The fourth-order valence-electron chi connectivity index (χ4n) is 3.32. The van der Waals surface area contributed by atoms with Gasteiger partial charge in [-0.25, -0.2) is 4.68 Å². The van der Waals surface area contributed by atoms with E-state index in [0.29, 0.717) is 18.5 Å². The van der Waals surface area contributed by atoms with Crippen LogP contribution in [0.25, 0.3) is 0 Å². The molecule has 2 aliphatic rings. The number of amides is 1. The summed E-state index contributed by atoms with van der Waals surface area (Å²) in [4.78, 5) is 14.5. The zero-order chi connectivity index (χ0) is 15.7. The van der Waals surface area contributed by atoms with Crippen molar-refractivity contribution < 1.29 is 9.53 Å². The number of morpholine rings is 1. The number of carbonyl (C=O) groups excluding carboxylic acids is 1. The second-order valence-corrected chi connectivity index (χ2v) is 6.74. The average molecular weight is 306 g/mol. The van der Waals surface area contributed by atoms with Gasteiger partial charge < -0.3 is 10.1 Å². The summed E-state index contributed by atoms with van der Waals surface area (Å²) in [5, 5.41) is 7.38. The molecule has 1 saturated heterocycles. The van der Waals surface area contributed by atoms with Crippen LogP contribution in [0, 0.1) is 5.92 Å². The van der Waals surface area contributed by atoms with Crippen LogP contribution in [-0.4, -0.2) is 52.4 Å². The molecule has 3 unspecified atom stereocenters. The highest BCUT2D eigenvalue weighted by Gasteiger charge is 2.31. The number of anilines is 1. The molecule has 3 atom stereocenters. The van der Waals surface area contributed by atoms with Gasteiger partial charge in [0.05, 0.1) is 31.0 Å². The zero-order valence-corrected chi connectivity index (χ0v) is 13.7. The smallest absolute Gasteiger partial charge is 0.239 e. The molecule has 1 aromatic rings. The number of hydrogen-bond acceptors (Lipinski definition) is 4. The zero-order valence-electron chi connectivity index (χ0n) is 13.7. The minimum atomic E-state index is 0.0195. The summed E-state index contributed by atoms with van der Waals surface area (Å²) in [6, 6.07) is 2.23. The summed E-state index contributed by atoms with van der Waals surface area (Å²) in [6.45, 7) is 8.28. The SMILES string of the molecule is CC1CN(CC(=O)Nc2ccnn2C(C)C2CC2)CC(C)O1. The van der Waals surface area contributed by atoms with Crippen LogP contribution in [-0.2, 0) is 9.53 Å². The highest BCUT2D eigenvalue weighted by atomic mass is 16.5. The van der Waals surface area contributed by atoms with Crippen molar-refractivity contribution in [1.29, 1.82) is 0 Å². The Bertz CT molecular complexity index is 516. The van der Waals surface area contributed by atoms with Crippen LogP contribution in [0.15, 0.2) is 12.3 Å². The largest absolute Gasteiger partial charge is 0.373 e. The predicted molar refractivity (Wildman–Crippen MR) is 84.7 cm³/mol. The predicted octanol–water partition coefficient (Wildman–Crippen LogP) is 1.90. The van der Waals surface area contributed by atoms with E-state index in [-0.39, 0.29) is 18.1 Å². The average Bonchev–Trinajstić information content (AvgIpc) is 3.17. The van der Waals surface area contributed by atoms with Crippen molar-refractivity contribution in [1.82, 2.24) is 14.7 Å². The summed E-state index contributed by atoms with van der Waals surface area (Å²) in [6.07, 6.45) is 4.64. The van der Waals surface area contributed by atoms with Gasteiger partial charge in [-0.2, -0.15) is 5.10 Å². The van der Waals surface area contributed by atoms with E-state index >= 15 is 0 Å².